The van der Waals surface area contributed by atoms with E-state index in [9.17, 15) is 9.59 Å². The summed E-state index contributed by atoms with van der Waals surface area (Å²) in [7, 11) is 0. The van der Waals surface area contributed by atoms with E-state index in [1.165, 1.54) is 18.4 Å². The van der Waals surface area contributed by atoms with E-state index in [4.69, 9.17) is 28.3 Å². The van der Waals surface area contributed by atoms with E-state index < -0.39 is 5.97 Å². The van der Waals surface area contributed by atoms with Crippen LogP contribution in [0.5, 0.6) is 0 Å². The van der Waals surface area contributed by atoms with E-state index in [-0.39, 0.29) is 12.4 Å². The third kappa shape index (κ3) is 9.18. The van der Waals surface area contributed by atoms with Crippen molar-refractivity contribution in [1.82, 2.24) is 20.2 Å². The molecule has 0 spiro atoms. The standard InChI is InChI=1S/C13H15ClN2O.C8H9ClN2.C5H8O2.ClH/c14-12-4-3-10-8-16(6-5-11(10)15-12)13(17)7-9-1-2-9;9-8-2-1-6-5-10-4-3-7(6)11-8;6-5(7)3-4-1-2-4;/h3-4,9H,1-2,5-8H2;1-2,10H,3-5H2;4H,1-3H2,(H,6,7);1H. The maximum atomic E-state index is 12.0. The Hall–Kier alpha value is -1.93. The van der Waals surface area contributed by atoms with Gasteiger partial charge in [0.25, 0.3) is 0 Å². The fourth-order valence-electron chi connectivity index (χ4n) is 4.18. The molecule has 196 valence electrons. The molecular weight excluding hydrogens is 523 g/mol. The topological polar surface area (TPSA) is 95.4 Å². The predicted octanol–water partition coefficient (Wildman–Crippen LogP) is 5.09. The van der Waals surface area contributed by atoms with Gasteiger partial charge in [-0.25, -0.2) is 9.97 Å². The monoisotopic (exact) mass is 554 g/mol. The van der Waals surface area contributed by atoms with Crippen LogP contribution in [0.4, 0.5) is 0 Å². The van der Waals surface area contributed by atoms with Crippen molar-refractivity contribution in [3.05, 3.63) is 57.1 Å². The molecule has 2 N–H and O–H groups in total. The second-order valence-electron chi connectivity index (χ2n) is 9.66. The molecule has 4 heterocycles. The highest BCUT2D eigenvalue weighted by molar-refractivity contribution is 6.29. The number of rotatable bonds is 4. The summed E-state index contributed by atoms with van der Waals surface area (Å²) in [5.41, 5.74) is 4.62. The lowest BCUT2D eigenvalue weighted by atomic mass is 10.1. The highest BCUT2D eigenvalue weighted by atomic mass is 35.5. The average molecular weight is 556 g/mol. The summed E-state index contributed by atoms with van der Waals surface area (Å²) in [6.07, 6.45) is 7.66. The minimum Gasteiger partial charge on any atom is -0.481 e. The first kappa shape index (κ1) is 28.6. The molecule has 0 aromatic carbocycles. The quantitative estimate of drug-likeness (QED) is 0.510. The van der Waals surface area contributed by atoms with Gasteiger partial charge in [-0.15, -0.1) is 12.4 Å². The predicted molar refractivity (Wildman–Crippen MR) is 143 cm³/mol. The number of carbonyl (C=O) groups excluding carboxylic acids is 1. The molecule has 7 nitrogen and oxygen atoms in total. The fourth-order valence-corrected chi connectivity index (χ4v) is 4.51. The number of carbonyl (C=O) groups is 2. The Balaban J connectivity index is 0.000000164. The van der Waals surface area contributed by atoms with Gasteiger partial charge >= 0.3 is 5.97 Å². The van der Waals surface area contributed by atoms with Gasteiger partial charge in [0.15, 0.2) is 0 Å². The summed E-state index contributed by atoms with van der Waals surface area (Å²) >= 11 is 11.6. The molecule has 0 radical (unpaired) electrons. The van der Waals surface area contributed by atoms with E-state index in [0.29, 0.717) is 41.0 Å². The van der Waals surface area contributed by atoms with Crippen molar-refractivity contribution in [3.63, 3.8) is 0 Å². The molecule has 2 saturated carbocycles. The second-order valence-corrected chi connectivity index (χ2v) is 10.4. The number of pyridine rings is 2. The Morgan fingerprint density at radius 3 is 2.08 bits per heavy atom. The number of carboxylic acids is 1. The largest absolute Gasteiger partial charge is 0.481 e. The Kier molecular flexibility index (Phi) is 10.8. The van der Waals surface area contributed by atoms with Gasteiger partial charge in [0.2, 0.25) is 5.91 Å². The Bertz CT molecular complexity index is 1060. The minimum atomic E-state index is -0.650. The second kappa shape index (κ2) is 13.6. The van der Waals surface area contributed by atoms with Crippen molar-refractivity contribution in [1.29, 1.82) is 0 Å². The highest BCUT2D eigenvalue weighted by Gasteiger charge is 2.28. The number of hydrogen-bond acceptors (Lipinski definition) is 5. The molecule has 2 aromatic heterocycles. The molecule has 10 heteroatoms. The van der Waals surface area contributed by atoms with Crippen LogP contribution in [0.2, 0.25) is 10.3 Å². The van der Waals surface area contributed by atoms with Crippen LogP contribution < -0.4 is 5.32 Å². The van der Waals surface area contributed by atoms with E-state index in [1.54, 1.807) is 6.07 Å². The van der Waals surface area contributed by atoms with Crippen molar-refractivity contribution >= 4 is 47.5 Å². The Morgan fingerprint density at radius 2 is 1.50 bits per heavy atom. The van der Waals surface area contributed by atoms with E-state index in [2.05, 4.69) is 15.3 Å². The Morgan fingerprint density at radius 1 is 0.917 bits per heavy atom. The molecule has 0 atom stereocenters. The summed E-state index contributed by atoms with van der Waals surface area (Å²) in [6, 6.07) is 7.67. The SMILES string of the molecule is Cl.Clc1ccc2c(n1)CCNC2.O=C(CC1CC1)N1CCc2nc(Cl)ccc2C1.O=C(O)CC1CC1. The summed E-state index contributed by atoms with van der Waals surface area (Å²) in [4.78, 5) is 32.4. The number of fused-ring (bicyclic) bond motifs is 2. The summed E-state index contributed by atoms with van der Waals surface area (Å²) in [5.74, 6) is 0.834. The van der Waals surface area contributed by atoms with E-state index in [0.717, 1.165) is 68.7 Å². The van der Waals surface area contributed by atoms with Gasteiger partial charge in [-0.1, -0.05) is 35.3 Å². The lowest BCUT2D eigenvalue weighted by Gasteiger charge is -2.28. The fraction of sp³-hybridized carbons (Fsp3) is 0.538. The molecule has 0 unspecified atom stereocenters. The molecule has 6 rings (SSSR count). The van der Waals surface area contributed by atoms with Gasteiger partial charge in [-0.2, -0.15) is 0 Å². The van der Waals surface area contributed by atoms with Crippen LogP contribution in [0, 0.1) is 11.8 Å². The molecule has 2 fully saturated rings. The van der Waals surface area contributed by atoms with Crippen LogP contribution in [-0.2, 0) is 35.5 Å². The first-order valence-electron chi connectivity index (χ1n) is 12.4. The van der Waals surface area contributed by atoms with Gasteiger partial charge in [0.05, 0.1) is 0 Å². The molecular formula is C26H33Cl3N4O3. The lowest BCUT2D eigenvalue weighted by Crippen LogP contribution is -2.36. The first-order chi connectivity index (χ1) is 16.9. The number of amides is 1. The highest BCUT2D eigenvalue weighted by Crippen LogP contribution is 2.33. The summed E-state index contributed by atoms with van der Waals surface area (Å²) < 4.78 is 0. The number of hydrogen-bond donors (Lipinski definition) is 2. The maximum absolute atomic E-state index is 12.0. The number of aromatic nitrogens is 2. The van der Waals surface area contributed by atoms with Gasteiger partial charge in [0, 0.05) is 63.3 Å². The zero-order valence-corrected chi connectivity index (χ0v) is 22.5. The Labute approximate surface area is 228 Å². The maximum Gasteiger partial charge on any atom is 0.303 e. The average Bonchev–Trinajstić information content (AvgIpc) is 3.77. The smallest absolute Gasteiger partial charge is 0.303 e. The van der Waals surface area contributed by atoms with Crippen LogP contribution in [0.1, 0.15) is 61.0 Å². The molecule has 4 aliphatic rings. The summed E-state index contributed by atoms with van der Waals surface area (Å²) in [6.45, 7) is 3.43. The number of aliphatic carboxylic acids is 1. The van der Waals surface area contributed by atoms with Gasteiger partial charge in [-0.3, -0.25) is 9.59 Å². The van der Waals surface area contributed by atoms with Crippen molar-refractivity contribution < 1.29 is 14.7 Å². The van der Waals surface area contributed by atoms with Gasteiger partial charge in [0.1, 0.15) is 10.3 Å². The van der Waals surface area contributed by atoms with Crippen LogP contribution >= 0.6 is 35.6 Å². The molecule has 2 aliphatic carbocycles. The van der Waals surface area contributed by atoms with Gasteiger partial charge in [-0.05, 0) is 60.8 Å². The summed E-state index contributed by atoms with van der Waals surface area (Å²) in [5, 5.41) is 12.5. The normalized spacial score (nSPS) is 17.7. The van der Waals surface area contributed by atoms with Gasteiger partial charge < -0.3 is 15.3 Å². The lowest BCUT2D eigenvalue weighted by molar-refractivity contribution is -0.137. The first-order valence-corrected chi connectivity index (χ1v) is 13.1. The van der Waals surface area contributed by atoms with Crippen molar-refractivity contribution in [2.75, 3.05) is 13.1 Å². The third-order valence-electron chi connectivity index (χ3n) is 6.58. The van der Waals surface area contributed by atoms with Crippen LogP contribution in [0.15, 0.2) is 24.3 Å². The van der Waals surface area contributed by atoms with Crippen LogP contribution in [0.3, 0.4) is 0 Å². The molecule has 2 aromatic rings. The zero-order chi connectivity index (χ0) is 24.8. The molecule has 1 amide bonds. The van der Waals surface area contributed by atoms with E-state index >= 15 is 0 Å². The number of nitrogens with zero attached hydrogens (tertiary/aromatic N) is 3. The zero-order valence-electron chi connectivity index (χ0n) is 20.2. The third-order valence-corrected chi connectivity index (χ3v) is 7.00. The van der Waals surface area contributed by atoms with Crippen molar-refractivity contribution in [2.24, 2.45) is 11.8 Å². The van der Waals surface area contributed by atoms with E-state index in [1.807, 2.05) is 23.1 Å². The van der Waals surface area contributed by atoms with Crippen LogP contribution in [-0.4, -0.2) is 44.9 Å². The number of carboxylic acid groups (broad SMARTS) is 1. The van der Waals surface area contributed by atoms with Crippen LogP contribution in [0.25, 0.3) is 0 Å². The van der Waals surface area contributed by atoms with Crippen molar-refractivity contribution in [2.45, 2.75) is 64.5 Å². The molecule has 0 saturated heterocycles. The van der Waals surface area contributed by atoms with Crippen molar-refractivity contribution in [3.8, 4) is 0 Å². The minimum absolute atomic E-state index is 0. The molecule has 36 heavy (non-hydrogen) atoms. The molecule has 0 bridgehead atoms. The molecule has 2 aliphatic heterocycles. The number of nitrogens with one attached hydrogen (secondary N) is 1. The number of halogens is 3.